The molecule has 0 aliphatic carbocycles. The van der Waals surface area contributed by atoms with E-state index in [-0.39, 0.29) is 32.0 Å². The first-order valence-electron chi connectivity index (χ1n) is 18.1. The monoisotopic (exact) mass is 658 g/mol. The molecule has 8 nitrogen and oxygen atoms in total. The minimum atomic E-state index is -4.27. The number of esters is 2. The molecule has 0 amide bonds. The third-order valence-corrected chi connectivity index (χ3v) is 8.52. The van der Waals surface area contributed by atoms with Crippen molar-refractivity contribution in [3.05, 3.63) is 24.3 Å². The number of ether oxygens (including phenoxy) is 2. The van der Waals surface area contributed by atoms with E-state index in [2.05, 4.69) is 38.2 Å². The number of phosphoric ester groups is 1. The molecule has 0 saturated heterocycles. The maximum atomic E-state index is 12.5. The molecule has 2 atom stereocenters. The van der Waals surface area contributed by atoms with Gasteiger partial charge >= 0.3 is 19.8 Å². The molecule has 0 aliphatic rings. The predicted molar refractivity (Wildman–Crippen MR) is 184 cm³/mol. The molecular formula is C36H67O8P. The van der Waals surface area contributed by atoms with E-state index in [9.17, 15) is 19.0 Å². The van der Waals surface area contributed by atoms with E-state index in [1.54, 1.807) is 6.92 Å². The van der Waals surface area contributed by atoms with Gasteiger partial charge in [0, 0.05) is 12.8 Å². The largest absolute Gasteiger partial charge is 0.472 e. The molecule has 0 heterocycles. The van der Waals surface area contributed by atoms with Crippen LogP contribution in [0.5, 0.6) is 0 Å². The normalized spacial score (nSPS) is 13.8. The third kappa shape index (κ3) is 32.3. The van der Waals surface area contributed by atoms with E-state index in [1.165, 1.54) is 51.4 Å². The summed E-state index contributed by atoms with van der Waals surface area (Å²) >= 11 is 0. The number of carbonyl (C=O) groups excluding carboxylic acids is 2. The molecule has 0 aromatic carbocycles. The van der Waals surface area contributed by atoms with Crippen LogP contribution in [0.1, 0.15) is 168 Å². The molecule has 0 bridgehead atoms. The Hall–Kier alpha value is -1.47. The Bertz CT molecular complexity index is 798. The van der Waals surface area contributed by atoms with E-state index < -0.39 is 26.5 Å². The molecule has 264 valence electrons. The lowest BCUT2D eigenvalue weighted by molar-refractivity contribution is -0.161. The molecule has 2 unspecified atom stereocenters. The second kappa shape index (κ2) is 32.5. The summed E-state index contributed by atoms with van der Waals surface area (Å²) in [7, 11) is -4.27. The van der Waals surface area contributed by atoms with E-state index in [4.69, 9.17) is 18.5 Å². The quantitative estimate of drug-likeness (QED) is 0.0321. The first-order chi connectivity index (χ1) is 21.8. The van der Waals surface area contributed by atoms with Crippen molar-refractivity contribution >= 4 is 19.8 Å². The standard InChI is InChI=1S/C36H67O8P/c1-4-7-9-11-13-15-17-18-19-20-21-23-25-27-29-31-36(38)44-34(33-43-45(39,40)42-6-3)32-41-35(37)30-28-26-24-22-16-14-12-10-8-5-2/h10,12,18-19,34H,4-9,11,13-17,20-33H2,1-3H3,(H,39,40)/b12-10-,19-18-. The van der Waals surface area contributed by atoms with Crippen LogP contribution in [0.2, 0.25) is 0 Å². The lowest BCUT2D eigenvalue weighted by atomic mass is 10.1. The molecule has 0 rings (SSSR count). The number of carbonyl (C=O) groups is 2. The Labute approximate surface area is 275 Å². The van der Waals surface area contributed by atoms with E-state index >= 15 is 0 Å². The summed E-state index contributed by atoms with van der Waals surface area (Å²) in [5.41, 5.74) is 0. The molecule has 0 aromatic rings. The van der Waals surface area contributed by atoms with Crippen LogP contribution in [0.25, 0.3) is 0 Å². The molecule has 45 heavy (non-hydrogen) atoms. The highest BCUT2D eigenvalue weighted by atomic mass is 31.2. The van der Waals surface area contributed by atoms with Crippen LogP contribution in [-0.4, -0.2) is 42.8 Å². The Kier molecular flexibility index (Phi) is 31.4. The van der Waals surface area contributed by atoms with Crippen LogP contribution < -0.4 is 0 Å². The van der Waals surface area contributed by atoms with Gasteiger partial charge in [-0.15, -0.1) is 0 Å². The van der Waals surface area contributed by atoms with Gasteiger partial charge in [-0.3, -0.25) is 18.6 Å². The van der Waals surface area contributed by atoms with Crippen molar-refractivity contribution in [1.29, 1.82) is 0 Å². The molecule has 0 fully saturated rings. The van der Waals surface area contributed by atoms with Crippen LogP contribution in [0.4, 0.5) is 0 Å². The fourth-order valence-electron chi connectivity index (χ4n) is 4.80. The first kappa shape index (κ1) is 43.5. The van der Waals surface area contributed by atoms with Crippen LogP contribution in [0, 0.1) is 0 Å². The van der Waals surface area contributed by atoms with Crippen LogP contribution in [0.3, 0.4) is 0 Å². The summed E-state index contributed by atoms with van der Waals surface area (Å²) in [5, 5.41) is 0. The lowest BCUT2D eigenvalue weighted by Gasteiger charge is -2.19. The molecule has 0 aliphatic heterocycles. The number of hydrogen-bond donors (Lipinski definition) is 1. The van der Waals surface area contributed by atoms with Crippen molar-refractivity contribution in [2.75, 3.05) is 19.8 Å². The van der Waals surface area contributed by atoms with Crippen LogP contribution in [-0.2, 0) is 32.7 Å². The van der Waals surface area contributed by atoms with Crippen molar-refractivity contribution < 1.29 is 37.6 Å². The minimum absolute atomic E-state index is 0.00173. The van der Waals surface area contributed by atoms with Gasteiger partial charge in [-0.25, -0.2) is 4.57 Å². The molecule has 0 saturated carbocycles. The Morgan fingerprint density at radius 1 is 0.578 bits per heavy atom. The molecule has 9 heteroatoms. The molecule has 0 radical (unpaired) electrons. The van der Waals surface area contributed by atoms with Gasteiger partial charge in [0.05, 0.1) is 13.2 Å². The van der Waals surface area contributed by atoms with Crippen molar-refractivity contribution in [1.82, 2.24) is 0 Å². The van der Waals surface area contributed by atoms with E-state index in [1.807, 2.05) is 0 Å². The topological polar surface area (TPSA) is 108 Å². The van der Waals surface area contributed by atoms with Gasteiger partial charge in [0.2, 0.25) is 0 Å². The second-order valence-electron chi connectivity index (χ2n) is 11.9. The summed E-state index contributed by atoms with van der Waals surface area (Å²) in [6.45, 7) is 5.37. The van der Waals surface area contributed by atoms with Crippen molar-refractivity contribution in [2.45, 2.75) is 175 Å². The average molecular weight is 659 g/mol. The zero-order valence-corrected chi connectivity index (χ0v) is 29.9. The maximum absolute atomic E-state index is 12.5. The van der Waals surface area contributed by atoms with E-state index in [0.29, 0.717) is 6.42 Å². The average Bonchev–Trinajstić information content (AvgIpc) is 3.01. The number of rotatable bonds is 33. The molecule has 1 N–H and O–H groups in total. The van der Waals surface area contributed by atoms with Gasteiger partial charge in [-0.1, -0.05) is 115 Å². The number of allylic oxidation sites excluding steroid dienone is 4. The van der Waals surface area contributed by atoms with Crippen LogP contribution in [0.15, 0.2) is 24.3 Å². The van der Waals surface area contributed by atoms with Gasteiger partial charge < -0.3 is 14.4 Å². The van der Waals surface area contributed by atoms with Gasteiger partial charge in [0.25, 0.3) is 0 Å². The maximum Gasteiger partial charge on any atom is 0.472 e. The molecular weight excluding hydrogens is 591 g/mol. The van der Waals surface area contributed by atoms with Crippen molar-refractivity contribution in [3.63, 3.8) is 0 Å². The first-order valence-corrected chi connectivity index (χ1v) is 19.6. The van der Waals surface area contributed by atoms with Gasteiger partial charge in [0.1, 0.15) is 6.61 Å². The fraction of sp³-hybridized carbons (Fsp3) is 0.833. The zero-order chi connectivity index (χ0) is 33.3. The fourth-order valence-corrected chi connectivity index (χ4v) is 5.56. The smallest absolute Gasteiger partial charge is 0.462 e. The van der Waals surface area contributed by atoms with Gasteiger partial charge in [-0.05, 0) is 64.7 Å². The Balaban J connectivity index is 4.19. The highest BCUT2D eigenvalue weighted by Crippen LogP contribution is 2.43. The molecule has 0 aromatic heterocycles. The number of hydrogen-bond acceptors (Lipinski definition) is 7. The second-order valence-corrected chi connectivity index (χ2v) is 13.3. The van der Waals surface area contributed by atoms with Crippen LogP contribution >= 0.6 is 7.82 Å². The lowest BCUT2D eigenvalue weighted by Crippen LogP contribution is -2.29. The van der Waals surface area contributed by atoms with Crippen molar-refractivity contribution in [3.8, 4) is 0 Å². The van der Waals surface area contributed by atoms with E-state index in [0.717, 1.165) is 77.0 Å². The predicted octanol–water partition coefficient (Wildman–Crippen LogP) is 10.7. The SMILES string of the molecule is CCC/C=C\CCCCCCCC(=O)OCC(COP(=O)(O)OCC)OC(=O)CCCCCCC/C=C\CCCCCCCC. The van der Waals surface area contributed by atoms with Gasteiger partial charge in [-0.2, -0.15) is 0 Å². The third-order valence-electron chi connectivity index (χ3n) is 7.46. The summed E-state index contributed by atoms with van der Waals surface area (Å²) < 4.78 is 32.4. The summed E-state index contributed by atoms with van der Waals surface area (Å²) in [6.07, 6.45) is 32.3. The number of unbranched alkanes of at least 4 members (excludes halogenated alkanes) is 17. The number of phosphoric acid groups is 1. The minimum Gasteiger partial charge on any atom is -0.462 e. The van der Waals surface area contributed by atoms with Gasteiger partial charge in [0.15, 0.2) is 6.10 Å². The summed E-state index contributed by atoms with van der Waals surface area (Å²) in [6, 6.07) is 0. The molecule has 0 spiro atoms. The Morgan fingerprint density at radius 3 is 1.56 bits per heavy atom. The summed E-state index contributed by atoms with van der Waals surface area (Å²) in [5.74, 6) is -0.821. The highest BCUT2D eigenvalue weighted by molar-refractivity contribution is 7.47. The van der Waals surface area contributed by atoms with Crippen molar-refractivity contribution in [2.24, 2.45) is 0 Å². The zero-order valence-electron chi connectivity index (χ0n) is 29.0. The highest BCUT2D eigenvalue weighted by Gasteiger charge is 2.25. The summed E-state index contributed by atoms with van der Waals surface area (Å²) in [4.78, 5) is 34.5. The Morgan fingerprint density at radius 2 is 1.04 bits per heavy atom.